The number of carbonyl (C=O) groups is 8. The molecule has 6 aromatic carbocycles. The Kier molecular flexibility index (Phi) is 23.6. The molecule has 0 saturated carbocycles. The molecular weight excluding hydrogens is 1180 g/mol. The van der Waals surface area contributed by atoms with Gasteiger partial charge < -0.3 is 46.7 Å². The van der Waals surface area contributed by atoms with Crippen molar-refractivity contribution >= 4 is 75.6 Å². The monoisotopic (exact) mass is 1260 g/mol. The topological polar surface area (TPSA) is 252 Å². The van der Waals surface area contributed by atoms with Crippen molar-refractivity contribution in [3.63, 3.8) is 0 Å². The van der Waals surface area contributed by atoms with Crippen molar-refractivity contribution in [3.05, 3.63) is 200 Å². The first-order valence-corrected chi connectivity index (χ1v) is 31.5. The SMILES string of the molecule is Cc1c2cccc1C(=O)NCCN1CCNC(=O)c3cccc(c3OCc3ccccc3)C(=O)NCCN(CCNC2=O)CCNC(=O)c2cccc(c2C)C(=O)NCCN(CCNC(=O)c2cccc(C(=O)N3CCSC3=S)c2OCc2ccccc2)CC1. The molecule has 0 spiro atoms. The summed E-state index contributed by atoms with van der Waals surface area (Å²) in [5.74, 6) is -2.47. The molecule has 21 nitrogen and oxygen atoms in total. The molecule has 2 unspecified atom stereocenters. The summed E-state index contributed by atoms with van der Waals surface area (Å²) in [6.45, 7) is 7.96. The summed E-state index contributed by atoms with van der Waals surface area (Å²) >= 11 is 6.93. The van der Waals surface area contributed by atoms with Crippen LogP contribution in [-0.4, -0.2) is 188 Å². The van der Waals surface area contributed by atoms with E-state index in [0.29, 0.717) is 102 Å². The minimum absolute atomic E-state index is 0.0685. The van der Waals surface area contributed by atoms with Gasteiger partial charge in [-0.25, -0.2) is 0 Å². The molecule has 4 aliphatic rings. The maximum Gasteiger partial charge on any atom is 0.263 e. The zero-order valence-corrected chi connectivity index (χ0v) is 52.2. The number of amides is 8. The third kappa shape index (κ3) is 17.4. The Morgan fingerprint density at radius 2 is 0.844 bits per heavy atom. The summed E-state index contributed by atoms with van der Waals surface area (Å²) in [4.78, 5) is 121. The van der Waals surface area contributed by atoms with Crippen LogP contribution in [0.15, 0.2) is 133 Å². The van der Waals surface area contributed by atoms with Crippen molar-refractivity contribution in [2.24, 2.45) is 0 Å². The number of nitrogens with zero attached hydrogens (tertiary/aromatic N) is 4. The molecule has 0 aromatic heterocycles. The van der Waals surface area contributed by atoms with E-state index in [-0.39, 0.29) is 117 Å². The highest BCUT2D eigenvalue weighted by atomic mass is 32.2. The third-order valence-corrected chi connectivity index (χ3v) is 17.3. The van der Waals surface area contributed by atoms with Crippen LogP contribution in [0.4, 0.5) is 0 Å². The molecule has 90 heavy (non-hydrogen) atoms. The van der Waals surface area contributed by atoms with Gasteiger partial charge in [-0.05, 0) is 84.6 Å². The largest absolute Gasteiger partial charge is 0.487 e. The van der Waals surface area contributed by atoms with Crippen molar-refractivity contribution in [2.45, 2.75) is 27.1 Å². The maximum absolute atomic E-state index is 14.4. The Morgan fingerprint density at radius 3 is 1.29 bits per heavy atom. The standard InChI is InChI=1S/C67H75N11O10S2/c1-45-49-17-9-19-51(45)61(81)70-28-35-76-37-30-73-64(84)54-22-11-21-53(57(54)87-43-47-13-5-3-6-14-47)63(83)72-27-34-75(32-25-68-59(49)79)33-26-69-60(80)50-18-10-20-52(46(50)2)62(82)71-29-36-77(40-39-76)38-31-74-65(85)55-23-12-24-56(66(86)78-41-42-90-67(78)89)58(55)88-44-48-15-7-4-8-16-48/h3-24H,25-44H2,1-2H3,(H,68,79)(H,69,80)(H,70,81)(H,71,82)(H,72,83)(H,73,84)(H,74,85). The summed E-state index contributed by atoms with van der Waals surface area (Å²) in [5, 5.41) is 21.2. The number of hydrogen-bond donors (Lipinski definition) is 7. The summed E-state index contributed by atoms with van der Waals surface area (Å²) in [5.41, 5.74) is 4.57. The van der Waals surface area contributed by atoms with E-state index >= 15 is 0 Å². The number of ether oxygens (including phenoxy) is 2. The molecule has 0 radical (unpaired) electrons. The number of rotatable bonds is 11. The predicted octanol–water partition coefficient (Wildman–Crippen LogP) is 5.08. The van der Waals surface area contributed by atoms with Crippen molar-refractivity contribution < 1.29 is 47.8 Å². The van der Waals surface area contributed by atoms with E-state index in [1.54, 1.807) is 86.6 Å². The van der Waals surface area contributed by atoms with Crippen molar-refractivity contribution in [3.8, 4) is 11.5 Å². The minimum atomic E-state index is -0.481. The molecule has 1 saturated heterocycles. The van der Waals surface area contributed by atoms with Crippen LogP contribution in [0, 0.1) is 13.8 Å². The highest BCUT2D eigenvalue weighted by Gasteiger charge is 2.30. The zero-order valence-electron chi connectivity index (χ0n) is 50.5. The van der Waals surface area contributed by atoms with Crippen LogP contribution >= 0.6 is 24.0 Å². The first kappa shape index (κ1) is 65.4. The molecule has 2 atom stereocenters. The van der Waals surface area contributed by atoms with Gasteiger partial charge in [-0.3, -0.25) is 58.0 Å². The number of para-hydroxylation sites is 2. The van der Waals surface area contributed by atoms with E-state index < -0.39 is 29.5 Å². The zero-order chi connectivity index (χ0) is 63.4. The van der Waals surface area contributed by atoms with E-state index in [2.05, 4.69) is 47.0 Å². The Morgan fingerprint density at radius 1 is 0.456 bits per heavy atom. The van der Waals surface area contributed by atoms with Crippen molar-refractivity contribution in [2.75, 3.05) is 117 Å². The average Bonchev–Trinajstić information content (AvgIpc) is 1.88. The van der Waals surface area contributed by atoms with Crippen molar-refractivity contribution in [1.29, 1.82) is 0 Å². The molecule has 470 valence electrons. The lowest BCUT2D eigenvalue weighted by molar-refractivity contribution is 0.0852. The number of hydrogen-bond acceptors (Lipinski definition) is 15. The quantitative estimate of drug-likeness (QED) is 0.0836. The lowest BCUT2D eigenvalue weighted by Crippen LogP contribution is -2.46. The fourth-order valence-corrected chi connectivity index (χ4v) is 12.0. The highest BCUT2D eigenvalue weighted by Crippen LogP contribution is 2.30. The van der Waals surface area contributed by atoms with Crippen LogP contribution in [-0.2, 0) is 13.2 Å². The molecule has 8 amide bonds. The number of thiocarbonyl (C=S) groups is 1. The second kappa shape index (κ2) is 32.5. The van der Waals surface area contributed by atoms with Crippen LogP contribution < -0.4 is 46.7 Å². The Hall–Kier alpha value is -9.00. The van der Waals surface area contributed by atoms with E-state index in [1.165, 1.54) is 16.7 Å². The molecule has 6 aromatic rings. The first-order chi connectivity index (χ1) is 43.7. The summed E-state index contributed by atoms with van der Waals surface area (Å²) < 4.78 is 13.2. The number of fused-ring (bicyclic) bond motifs is 21. The van der Waals surface area contributed by atoms with Gasteiger partial charge in [-0.15, -0.1) is 0 Å². The normalized spacial score (nSPS) is 18.0. The molecule has 7 N–H and O–H groups in total. The van der Waals surface area contributed by atoms with Crippen LogP contribution in [0.1, 0.15) is 105 Å². The molecule has 1 fully saturated rings. The van der Waals surface area contributed by atoms with Crippen molar-refractivity contribution in [1.82, 2.24) is 56.8 Å². The van der Waals surface area contributed by atoms with Gasteiger partial charge in [0.1, 0.15) is 29.0 Å². The van der Waals surface area contributed by atoms with E-state index in [9.17, 15) is 38.4 Å². The fourth-order valence-electron chi connectivity index (χ4n) is 10.8. The molecule has 0 aliphatic carbocycles. The molecule has 4 aliphatic heterocycles. The number of benzene rings is 6. The van der Waals surface area contributed by atoms with Gasteiger partial charge >= 0.3 is 0 Å². The third-order valence-electron chi connectivity index (χ3n) is 15.8. The Labute approximate surface area is 533 Å². The van der Waals surface area contributed by atoms with Gasteiger partial charge in [0.15, 0.2) is 0 Å². The second-order valence-corrected chi connectivity index (χ2v) is 23.5. The summed E-state index contributed by atoms with van der Waals surface area (Å²) in [6.07, 6.45) is 0. The van der Waals surface area contributed by atoms with Crippen LogP contribution in [0.3, 0.4) is 0 Å². The van der Waals surface area contributed by atoms with Crippen LogP contribution in [0.25, 0.3) is 0 Å². The Bertz CT molecular complexity index is 3600. The molecule has 8 bridgehead atoms. The van der Waals surface area contributed by atoms with E-state index in [1.807, 2.05) is 65.6 Å². The first-order valence-electron chi connectivity index (χ1n) is 30.2. The summed E-state index contributed by atoms with van der Waals surface area (Å²) in [6, 6.07) is 38.5. The van der Waals surface area contributed by atoms with Crippen LogP contribution in [0.2, 0.25) is 0 Å². The minimum Gasteiger partial charge on any atom is -0.487 e. The second-order valence-electron chi connectivity index (χ2n) is 21.8. The molecule has 10 rings (SSSR count). The Balaban J connectivity index is 1.02. The smallest absolute Gasteiger partial charge is 0.263 e. The molecular formula is C67H75N11O10S2. The number of thioether (sulfide) groups is 1. The lowest BCUT2D eigenvalue weighted by atomic mass is 10.0. The summed E-state index contributed by atoms with van der Waals surface area (Å²) in [7, 11) is 0. The van der Waals surface area contributed by atoms with Crippen LogP contribution in [0.5, 0.6) is 11.5 Å². The van der Waals surface area contributed by atoms with Gasteiger partial charge in [0.05, 0.1) is 22.3 Å². The fraction of sp³-hybridized carbons (Fsp3) is 0.328. The highest BCUT2D eigenvalue weighted by molar-refractivity contribution is 8.23. The van der Waals surface area contributed by atoms with Gasteiger partial charge in [-0.1, -0.05) is 109 Å². The lowest BCUT2D eigenvalue weighted by Gasteiger charge is -2.28. The van der Waals surface area contributed by atoms with Gasteiger partial charge in [0.25, 0.3) is 47.3 Å². The average molecular weight is 1260 g/mol. The van der Waals surface area contributed by atoms with Gasteiger partial charge in [-0.2, -0.15) is 0 Å². The molecule has 4 heterocycles. The maximum atomic E-state index is 14.4. The van der Waals surface area contributed by atoms with E-state index in [4.69, 9.17) is 21.7 Å². The predicted molar refractivity (Wildman–Crippen MR) is 349 cm³/mol. The van der Waals surface area contributed by atoms with Gasteiger partial charge in [0.2, 0.25) is 0 Å². The van der Waals surface area contributed by atoms with Gasteiger partial charge in [0, 0.05) is 139 Å². The van der Waals surface area contributed by atoms with E-state index in [0.717, 1.165) is 11.1 Å². The molecule has 23 heteroatoms. The number of nitrogens with one attached hydrogen (secondary N) is 7. The number of carbonyl (C=O) groups excluding carboxylic acids is 8.